The second-order valence-electron chi connectivity index (χ2n) is 3.31. The van der Waals surface area contributed by atoms with Gasteiger partial charge in [0.25, 0.3) is 0 Å². The maximum absolute atomic E-state index is 10.5. The Labute approximate surface area is 77.9 Å². The monoisotopic (exact) mass is 191 g/mol. The number of hydrogen-bond acceptors (Lipinski definition) is 4. The lowest BCUT2D eigenvalue weighted by Crippen LogP contribution is -2.46. The molecule has 5 nitrogen and oxygen atoms in total. The second-order valence-corrected chi connectivity index (χ2v) is 3.31. The van der Waals surface area contributed by atoms with Crippen LogP contribution in [0.1, 0.15) is 6.92 Å². The van der Waals surface area contributed by atoms with E-state index in [1.54, 1.807) is 19.1 Å². The number of nitrogens with zero attached hydrogens (tertiary/aromatic N) is 1. The average Bonchev–Trinajstić information content (AvgIpc) is 1.99. The SMILES string of the molecule is COCCN(C)CC(C)(O)C(=O)O. The molecule has 0 saturated carbocycles. The lowest BCUT2D eigenvalue weighted by molar-refractivity contribution is -0.158. The number of likely N-dealkylation sites (N-methyl/N-ethyl adjacent to an activating group) is 1. The highest BCUT2D eigenvalue weighted by atomic mass is 16.5. The van der Waals surface area contributed by atoms with Crippen molar-refractivity contribution in [1.29, 1.82) is 0 Å². The van der Waals surface area contributed by atoms with E-state index in [2.05, 4.69) is 0 Å². The molecule has 0 radical (unpaired) electrons. The number of ether oxygens (including phenoxy) is 1. The molecule has 0 aromatic carbocycles. The fourth-order valence-corrected chi connectivity index (χ4v) is 0.919. The van der Waals surface area contributed by atoms with Gasteiger partial charge in [-0.25, -0.2) is 4.79 Å². The molecule has 0 aliphatic heterocycles. The largest absolute Gasteiger partial charge is 0.479 e. The van der Waals surface area contributed by atoms with Crippen molar-refractivity contribution in [3.63, 3.8) is 0 Å². The number of carboxylic acids is 1. The zero-order valence-corrected chi connectivity index (χ0v) is 8.28. The minimum atomic E-state index is -1.69. The molecule has 0 amide bonds. The number of aliphatic hydroxyl groups is 1. The Morgan fingerprint density at radius 3 is 2.54 bits per heavy atom. The zero-order valence-electron chi connectivity index (χ0n) is 8.28. The minimum absolute atomic E-state index is 0.0890. The Morgan fingerprint density at radius 2 is 2.15 bits per heavy atom. The summed E-state index contributed by atoms with van der Waals surface area (Å²) in [6, 6.07) is 0. The van der Waals surface area contributed by atoms with Crippen LogP contribution < -0.4 is 0 Å². The van der Waals surface area contributed by atoms with Crippen LogP contribution >= 0.6 is 0 Å². The van der Waals surface area contributed by atoms with Gasteiger partial charge in [-0.1, -0.05) is 0 Å². The van der Waals surface area contributed by atoms with Crippen molar-refractivity contribution in [1.82, 2.24) is 4.90 Å². The van der Waals surface area contributed by atoms with Crippen molar-refractivity contribution in [3.8, 4) is 0 Å². The number of carbonyl (C=O) groups is 1. The van der Waals surface area contributed by atoms with Crippen LogP contribution in [0.25, 0.3) is 0 Å². The van der Waals surface area contributed by atoms with Crippen LogP contribution in [0.15, 0.2) is 0 Å². The molecular weight excluding hydrogens is 174 g/mol. The fraction of sp³-hybridized carbons (Fsp3) is 0.875. The standard InChI is InChI=1S/C8H17NO4/c1-8(12,7(10)11)6-9(2)4-5-13-3/h12H,4-6H2,1-3H3,(H,10,11). The predicted octanol–water partition coefficient (Wildman–Crippen LogP) is -0.600. The fourth-order valence-electron chi connectivity index (χ4n) is 0.919. The van der Waals surface area contributed by atoms with Gasteiger partial charge in [0.15, 0.2) is 5.60 Å². The molecule has 5 heteroatoms. The number of rotatable bonds is 6. The van der Waals surface area contributed by atoms with Crippen molar-refractivity contribution >= 4 is 5.97 Å². The molecule has 13 heavy (non-hydrogen) atoms. The lowest BCUT2D eigenvalue weighted by atomic mass is 10.1. The van der Waals surface area contributed by atoms with E-state index in [1.807, 2.05) is 0 Å². The van der Waals surface area contributed by atoms with E-state index in [9.17, 15) is 9.90 Å². The maximum Gasteiger partial charge on any atom is 0.336 e. The van der Waals surface area contributed by atoms with Gasteiger partial charge < -0.3 is 19.8 Å². The van der Waals surface area contributed by atoms with Crippen LogP contribution in [-0.4, -0.2) is 60.5 Å². The Bertz CT molecular complexity index is 170. The van der Waals surface area contributed by atoms with Gasteiger partial charge in [-0.05, 0) is 14.0 Å². The van der Waals surface area contributed by atoms with Crippen molar-refractivity contribution in [2.75, 3.05) is 33.9 Å². The Morgan fingerprint density at radius 1 is 1.62 bits per heavy atom. The topological polar surface area (TPSA) is 70.0 Å². The summed E-state index contributed by atoms with van der Waals surface area (Å²) in [5.74, 6) is -1.21. The summed E-state index contributed by atoms with van der Waals surface area (Å²) < 4.78 is 4.82. The summed E-state index contributed by atoms with van der Waals surface area (Å²) in [6.45, 7) is 2.48. The van der Waals surface area contributed by atoms with Crippen LogP contribution in [0.3, 0.4) is 0 Å². The van der Waals surface area contributed by atoms with Gasteiger partial charge in [0.05, 0.1) is 6.61 Å². The van der Waals surface area contributed by atoms with E-state index in [4.69, 9.17) is 9.84 Å². The lowest BCUT2D eigenvalue weighted by Gasteiger charge is -2.24. The van der Waals surface area contributed by atoms with Crippen LogP contribution in [0, 0.1) is 0 Å². The van der Waals surface area contributed by atoms with E-state index in [-0.39, 0.29) is 6.54 Å². The molecule has 0 aromatic rings. The van der Waals surface area contributed by atoms with E-state index in [0.29, 0.717) is 13.2 Å². The third kappa shape index (κ3) is 4.82. The first kappa shape index (κ1) is 12.3. The van der Waals surface area contributed by atoms with Crippen molar-refractivity contribution in [2.24, 2.45) is 0 Å². The third-order valence-corrected chi connectivity index (χ3v) is 1.72. The highest BCUT2D eigenvalue weighted by molar-refractivity contribution is 5.76. The molecule has 1 atom stereocenters. The molecule has 0 saturated heterocycles. The molecule has 0 bridgehead atoms. The summed E-state index contributed by atoms with van der Waals surface area (Å²) in [4.78, 5) is 12.2. The molecule has 0 heterocycles. The molecule has 2 N–H and O–H groups in total. The van der Waals surface area contributed by atoms with Crippen LogP contribution in [0.2, 0.25) is 0 Å². The van der Waals surface area contributed by atoms with Crippen LogP contribution in [0.4, 0.5) is 0 Å². The van der Waals surface area contributed by atoms with Crippen LogP contribution in [0.5, 0.6) is 0 Å². The van der Waals surface area contributed by atoms with Gasteiger partial charge in [0.2, 0.25) is 0 Å². The second kappa shape index (κ2) is 5.16. The van der Waals surface area contributed by atoms with Gasteiger partial charge in [-0.3, -0.25) is 0 Å². The van der Waals surface area contributed by atoms with E-state index >= 15 is 0 Å². The summed E-state index contributed by atoms with van der Waals surface area (Å²) in [6.07, 6.45) is 0. The minimum Gasteiger partial charge on any atom is -0.479 e. The number of carboxylic acid groups (broad SMARTS) is 1. The molecule has 0 aliphatic rings. The average molecular weight is 191 g/mol. The number of aliphatic carboxylic acids is 1. The number of hydrogen-bond donors (Lipinski definition) is 2. The molecule has 0 rings (SSSR count). The molecule has 0 aliphatic carbocycles. The Balaban J connectivity index is 3.89. The first-order valence-electron chi connectivity index (χ1n) is 4.03. The molecule has 78 valence electrons. The molecule has 0 aromatic heterocycles. The summed E-state index contributed by atoms with van der Waals surface area (Å²) in [5.41, 5.74) is -1.69. The highest BCUT2D eigenvalue weighted by Crippen LogP contribution is 2.04. The van der Waals surface area contributed by atoms with Crippen LogP contribution in [-0.2, 0) is 9.53 Å². The maximum atomic E-state index is 10.5. The Hall–Kier alpha value is -0.650. The van der Waals surface area contributed by atoms with Gasteiger partial charge in [-0.2, -0.15) is 0 Å². The van der Waals surface area contributed by atoms with Gasteiger partial charge in [0, 0.05) is 20.2 Å². The van der Waals surface area contributed by atoms with Gasteiger partial charge in [0.1, 0.15) is 0 Å². The molecule has 1 unspecified atom stereocenters. The predicted molar refractivity (Wildman–Crippen MR) is 47.6 cm³/mol. The molecular formula is C8H17NO4. The summed E-state index contributed by atoms with van der Waals surface area (Å²) >= 11 is 0. The first-order valence-corrected chi connectivity index (χ1v) is 4.03. The smallest absolute Gasteiger partial charge is 0.336 e. The van der Waals surface area contributed by atoms with Crippen molar-refractivity contribution in [2.45, 2.75) is 12.5 Å². The van der Waals surface area contributed by atoms with Crippen molar-refractivity contribution in [3.05, 3.63) is 0 Å². The Kier molecular flexibility index (Phi) is 4.90. The first-order chi connectivity index (χ1) is 5.90. The third-order valence-electron chi connectivity index (χ3n) is 1.72. The van der Waals surface area contributed by atoms with Gasteiger partial charge >= 0.3 is 5.97 Å². The van der Waals surface area contributed by atoms with Crippen molar-refractivity contribution < 1.29 is 19.7 Å². The summed E-state index contributed by atoms with van der Waals surface area (Å²) in [5, 5.41) is 18.0. The van der Waals surface area contributed by atoms with Gasteiger partial charge in [-0.15, -0.1) is 0 Å². The zero-order chi connectivity index (χ0) is 10.5. The molecule has 0 fully saturated rings. The summed E-state index contributed by atoms with van der Waals surface area (Å²) in [7, 11) is 3.31. The molecule has 0 spiro atoms. The number of methoxy groups -OCH3 is 1. The van der Waals surface area contributed by atoms with E-state index < -0.39 is 11.6 Å². The highest BCUT2D eigenvalue weighted by Gasteiger charge is 2.30. The van der Waals surface area contributed by atoms with E-state index in [0.717, 1.165) is 0 Å². The quantitative estimate of drug-likeness (QED) is 0.586. The van der Waals surface area contributed by atoms with E-state index in [1.165, 1.54) is 6.92 Å². The normalized spacial score (nSPS) is 15.8.